The number of hydrogen-bond acceptors (Lipinski definition) is 3. The van der Waals surface area contributed by atoms with Crippen molar-refractivity contribution in [2.45, 2.75) is 19.9 Å². The Morgan fingerprint density at radius 3 is 2.74 bits per heavy atom. The number of aromatic nitrogens is 2. The molecule has 1 unspecified atom stereocenters. The van der Waals surface area contributed by atoms with Crippen molar-refractivity contribution in [3.63, 3.8) is 0 Å². The lowest BCUT2D eigenvalue weighted by molar-refractivity contribution is -0.140. The quantitative estimate of drug-likeness (QED) is 0.775. The summed E-state index contributed by atoms with van der Waals surface area (Å²) in [6, 6.07) is 4.16. The molecule has 3 N–H and O–H groups in total. The van der Waals surface area contributed by atoms with Gasteiger partial charge in [-0.25, -0.2) is 4.79 Å². The first-order valence-corrected chi connectivity index (χ1v) is 5.96. The van der Waals surface area contributed by atoms with Crippen LogP contribution in [0.1, 0.15) is 24.2 Å². The number of nitrogens with one attached hydrogen (secondary N) is 2. The lowest BCUT2D eigenvalue weighted by Gasteiger charge is -2.17. The minimum absolute atomic E-state index is 0.183. The highest BCUT2D eigenvalue weighted by molar-refractivity contribution is 5.99. The maximum atomic E-state index is 12.0. The van der Waals surface area contributed by atoms with Gasteiger partial charge < -0.3 is 10.4 Å². The van der Waals surface area contributed by atoms with Crippen LogP contribution in [0.4, 0.5) is 0 Å². The van der Waals surface area contributed by atoms with Crippen molar-refractivity contribution in [2.75, 3.05) is 0 Å². The third-order valence-electron chi connectivity index (χ3n) is 2.92. The number of rotatable bonds is 4. The van der Waals surface area contributed by atoms with Crippen LogP contribution in [0.15, 0.2) is 24.4 Å². The number of hydrogen-bond donors (Lipinski definition) is 3. The number of fused-ring (bicyclic) bond motifs is 1. The third kappa shape index (κ3) is 2.73. The lowest BCUT2D eigenvalue weighted by atomic mass is 10.0. The summed E-state index contributed by atoms with van der Waals surface area (Å²) in [4.78, 5) is 23.1. The molecular weight excluding hydrogens is 246 g/mol. The van der Waals surface area contributed by atoms with Crippen molar-refractivity contribution in [1.82, 2.24) is 15.5 Å². The van der Waals surface area contributed by atoms with Gasteiger partial charge in [-0.1, -0.05) is 19.9 Å². The van der Waals surface area contributed by atoms with Gasteiger partial charge in [0.15, 0.2) is 0 Å². The van der Waals surface area contributed by atoms with Gasteiger partial charge >= 0.3 is 5.97 Å². The van der Waals surface area contributed by atoms with Crippen molar-refractivity contribution in [1.29, 1.82) is 0 Å². The fourth-order valence-electron chi connectivity index (χ4n) is 1.82. The Morgan fingerprint density at radius 2 is 2.11 bits per heavy atom. The minimum atomic E-state index is -1.04. The van der Waals surface area contributed by atoms with E-state index in [-0.39, 0.29) is 5.92 Å². The lowest BCUT2D eigenvalue weighted by Crippen LogP contribution is -2.44. The summed E-state index contributed by atoms with van der Waals surface area (Å²) < 4.78 is 0. The summed E-state index contributed by atoms with van der Waals surface area (Å²) in [6.07, 6.45) is 1.66. The fraction of sp³-hybridized carbons (Fsp3) is 0.308. The van der Waals surface area contributed by atoms with E-state index in [1.807, 2.05) is 0 Å². The summed E-state index contributed by atoms with van der Waals surface area (Å²) in [5.41, 5.74) is 1.15. The van der Waals surface area contributed by atoms with Crippen LogP contribution in [0, 0.1) is 5.92 Å². The van der Waals surface area contributed by atoms with E-state index in [0.717, 1.165) is 10.9 Å². The Kier molecular flexibility index (Phi) is 3.50. The molecule has 0 spiro atoms. The Bertz CT molecular complexity index is 618. The number of carbonyl (C=O) groups excluding carboxylic acids is 1. The first-order chi connectivity index (χ1) is 8.99. The molecule has 2 rings (SSSR count). The fourth-order valence-corrected chi connectivity index (χ4v) is 1.82. The number of aromatic amines is 1. The molecule has 6 nitrogen and oxygen atoms in total. The van der Waals surface area contributed by atoms with Crippen LogP contribution in [0.25, 0.3) is 10.9 Å². The van der Waals surface area contributed by atoms with Crippen molar-refractivity contribution < 1.29 is 14.7 Å². The number of amides is 1. The largest absolute Gasteiger partial charge is 0.480 e. The smallest absolute Gasteiger partial charge is 0.326 e. The third-order valence-corrected chi connectivity index (χ3v) is 2.92. The second kappa shape index (κ2) is 5.09. The van der Waals surface area contributed by atoms with Gasteiger partial charge in [-0.05, 0) is 18.1 Å². The predicted octanol–water partition coefficient (Wildman–Crippen LogP) is 1.40. The molecule has 100 valence electrons. The second-order valence-electron chi connectivity index (χ2n) is 4.71. The van der Waals surface area contributed by atoms with Crippen LogP contribution in [-0.4, -0.2) is 33.2 Å². The maximum absolute atomic E-state index is 12.0. The molecule has 2 aromatic rings. The van der Waals surface area contributed by atoms with Gasteiger partial charge in [-0.3, -0.25) is 9.89 Å². The van der Waals surface area contributed by atoms with Crippen molar-refractivity contribution in [2.24, 2.45) is 5.92 Å². The molecule has 1 atom stereocenters. The average Bonchev–Trinajstić information content (AvgIpc) is 2.81. The summed E-state index contributed by atoms with van der Waals surface area (Å²) in [5, 5.41) is 19.1. The summed E-state index contributed by atoms with van der Waals surface area (Å²) in [5.74, 6) is -1.62. The highest BCUT2D eigenvalue weighted by Crippen LogP contribution is 2.13. The Balaban J connectivity index is 2.21. The van der Waals surface area contributed by atoms with Gasteiger partial charge in [0.05, 0.1) is 11.7 Å². The van der Waals surface area contributed by atoms with Crippen LogP contribution in [0.2, 0.25) is 0 Å². The van der Waals surface area contributed by atoms with E-state index in [4.69, 9.17) is 5.11 Å². The minimum Gasteiger partial charge on any atom is -0.480 e. The molecule has 0 aliphatic carbocycles. The van der Waals surface area contributed by atoms with E-state index in [9.17, 15) is 9.59 Å². The van der Waals surface area contributed by atoms with E-state index in [1.54, 1.807) is 38.2 Å². The molecule has 0 bridgehead atoms. The van der Waals surface area contributed by atoms with Crippen LogP contribution in [0.5, 0.6) is 0 Å². The van der Waals surface area contributed by atoms with E-state index in [0.29, 0.717) is 5.56 Å². The van der Waals surface area contributed by atoms with Gasteiger partial charge in [-0.15, -0.1) is 0 Å². The number of carboxylic acid groups (broad SMARTS) is 1. The highest BCUT2D eigenvalue weighted by Gasteiger charge is 2.23. The van der Waals surface area contributed by atoms with E-state index >= 15 is 0 Å². The molecule has 0 fully saturated rings. The standard InChI is InChI=1S/C13H15N3O3/c1-7(2)11(13(18)19)15-12(17)8-3-4-9-6-14-16-10(9)5-8/h3-7,11H,1-2H3,(H,14,16)(H,15,17)(H,18,19). The zero-order valence-corrected chi connectivity index (χ0v) is 10.7. The monoisotopic (exact) mass is 261 g/mol. The maximum Gasteiger partial charge on any atom is 0.326 e. The summed E-state index contributed by atoms with van der Waals surface area (Å²) in [7, 11) is 0. The van der Waals surface area contributed by atoms with E-state index in [2.05, 4.69) is 15.5 Å². The first kappa shape index (κ1) is 13.1. The molecular formula is C13H15N3O3. The van der Waals surface area contributed by atoms with Crippen molar-refractivity contribution in [3.8, 4) is 0 Å². The summed E-state index contributed by atoms with van der Waals surface area (Å²) >= 11 is 0. The molecule has 1 aromatic carbocycles. The Morgan fingerprint density at radius 1 is 1.37 bits per heavy atom. The van der Waals surface area contributed by atoms with Crippen LogP contribution >= 0.6 is 0 Å². The van der Waals surface area contributed by atoms with Crippen LogP contribution < -0.4 is 5.32 Å². The molecule has 0 aliphatic heterocycles. The van der Waals surface area contributed by atoms with Gasteiger partial charge in [0.25, 0.3) is 5.91 Å². The molecule has 1 amide bonds. The van der Waals surface area contributed by atoms with Crippen LogP contribution in [0.3, 0.4) is 0 Å². The molecule has 1 aromatic heterocycles. The molecule has 0 saturated carbocycles. The van der Waals surface area contributed by atoms with Crippen molar-refractivity contribution >= 4 is 22.8 Å². The molecule has 0 saturated heterocycles. The molecule has 19 heavy (non-hydrogen) atoms. The number of carboxylic acids is 1. The van der Waals surface area contributed by atoms with Gasteiger partial charge in [0.2, 0.25) is 0 Å². The van der Waals surface area contributed by atoms with Gasteiger partial charge in [0.1, 0.15) is 6.04 Å². The number of nitrogens with zero attached hydrogens (tertiary/aromatic N) is 1. The highest BCUT2D eigenvalue weighted by atomic mass is 16.4. The molecule has 1 heterocycles. The van der Waals surface area contributed by atoms with Gasteiger partial charge in [0, 0.05) is 10.9 Å². The molecule has 0 aliphatic rings. The Labute approximate surface area is 109 Å². The normalized spacial score (nSPS) is 12.6. The number of benzene rings is 1. The SMILES string of the molecule is CC(C)C(NC(=O)c1ccc2cn[nH]c2c1)C(=O)O. The Hall–Kier alpha value is -2.37. The average molecular weight is 261 g/mol. The zero-order valence-electron chi connectivity index (χ0n) is 10.7. The number of carbonyl (C=O) groups is 2. The topological polar surface area (TPSA) is 95.1 Å². The van der Waals surface area contributed by atoms with E-state index in [1.165, 1.54) is 0 Å². The number of aliphatic carboxylic acids is 1. The predicted molar refractivity (Wildman–Crippen MR) is 69.8 cm³/mol. The summed E-state index contributed by atoms with van der Waals surface area (Å²) in [6.45, 7) is 3.49. The zero-order chi connectivity index (χ0) is 14.0. The molecule has 0 radical (unpaired) electrons. The van der Waals surface area contributed by atoms with Crippen LogP contribution in [-0.2, 0) is 4.79 Å². The first-order valence-electron chi connectivity index (χ1n) is 5.96. The molecule has 6 heteroatoms. The number of H-pyrrole nitrogens is 1. The second-order valence-corrected chi connectivity index (χ2v) is 4.71. The van der Waals surface area contributed by atoms with E-state index < -0.39 is 17.9 Å². The van der Waals surface area contributed by atoms with Crippen molar-refractivity contribution in [3.05, 3.63) is 30.0 Å². The van der Waals surface area contributed by atoms with Gasteiger partial charge in [-0.2, -0.15) is 5.10 Å².